The van der Waals surface area contributed by atoms with Crippen molar-refractivity contribution in [1.29, 1.82) is 0 Å². The molecule has 0 aliphatic carbocycles. The number of fused-ring (bicyclic) bond motifs is 1. The average molecular weight is 170 g/mol. The van der Waals surface area contributed by atoms with Gasteiger partial charge in [0.25, 0.3) is 0 Å². The van der Waals surface area contributed by atoms with Gasteiger partial charge in [-0.2, -0.15) is 0 Å². The zero-order chi connectivity index (χ0) is 7.84. The standard InChI is InChI=1S/C5H3N3O2S/c9-3-1-2-4-8(6-3)7-5(11)10-4/h1-2H,(H-,6,7,9,11)/p+1. The van der Waals surface area contributed by atoms with E-state index in [1.54, 1.807) is 0 Å². The highest BCUT2D eigenvalue weighted by atomic mass is 32.1. The summed E-state index contributed by atoms with van der Waals surface area (Å²) in [7, 11) is 0. The molecule has 0 bridgehead atoms. The van der Waals surface area contributed by atoms with E-state index in [0.717, 1.165) is 0 Å². The van der Waals surface area contributed by atoms with Crippen LogP contribution in [0.5, 0.6) is 0 Å². The molecule has 0 atom stereocenters. The van der Waals surface area contributed by atoms with Crippen molar-refractivity contribution in [2.75, 3.05) is 0 Å². The Morgan fingerprint density at radius 1 is 1.45 bits per heavy atom. The summed E-state index contributed by atoms with van der Waals surface area (Å²) >= 11 is 4.69. The Bertz CT molecular complexity index is 492. The maximum atomic E-state index is 10.7. The van der Waals surface area contributed by atoms with Crippen LogP contribution >= 0.6 is 12.2 Å². The fourth-order valence-electron chi connectivity index (χ4n) is 0.796. The molecule has 11 heavy (non-hydrogen) atoms. The predicted molar refractivity (Wildman–Crippen MR) is 37.7 cm³/mol. The first kappa shape index (κ1) is 6.29. The molecule has 0 saturated heterocycles. The maximum absolute atomic E-state index is 10.7. The van der Waals surface area contributed by atoms with Gasteiger partial charge in [0.2, 0.25) is 0 Å². The molecule has 0 aromatic carbocycles. The summed E-state index contributed by atoms with van der Waals surface area (Å²) in [6.45, 7) is 0. The maximum Gasteiger partial charge on any atom is 0.429 e. The average Bonchev–Trinajstić information content (AvgIpc) is 2.27. The number of aromatic nitrogens is 3. The molecule has 56 valence electrons. The van der Waals surface area contributed by atoms with Gasteiger partial charge in [0.1, 0.15) is 0 Å². The fourth-order valence-corrected chi connectivity index (χ4v) is 0.973. The van der Waals surface area contributed by atoms with E-state index in [0.29, 0.717) is 5.71 Å². The second-order valence-corrected chi connectivity index (χ2v) is 2.36. The van der Waals surface area contributed by atoms with Gasteiger partial charge in [-0.15, -0.1) is 0 Å². The van der Waals surface area contributed by atoms with Gasteiger partial charge in [-0.05, 0) is 12.2 Å². The molecule has 2 N–H and O–H groups in total. The van der Waals surface area contributed by atoms with Crippen molar-refractivity contribution in [3.05, 3.63) is 27.3 Å². The first-order chi connectivity index (χ1) is 5.25. The summed E-state index contributed by atoms with van der Waals surface area (Å²) < 4.78 is 6.30. The smallest absolute Gasteiger partial charge is 0.369 e. The molecule has 6 heteroatoms. The van der Waals surface area contributed by atoms with Crippen LogP contribution in [0.1, 0.15) is 0 Å². The minimum Gasteiger partial charge on any atom is -0.369 e. The predicted octanol–water partition coefficient (Wildman–Crippen LogP) is -0.236. The lowest BCUT2D eigenvalue weighted by molar-refractivity contribution is -0.645. The summed E-state index contributed by atoms with van der Waals surface area (Å²) in [4.78, 5) is 10.9. The van der Waals surface area contributed by atoms with Crippen LogP contribution in [0, 0.1) is 4.84 Å². The molecule has 0 fully saturated rings. The zero-order valence-electron chi connectivity index (χ0n) is 5.33. The highest BCUT2D eigenvalue weighted by Crippen LogP contribution is 1.89. The van der Waals surface area contributed by atoms with E-state index in [9.17, 15) is 4.79 Å². The minimum atomic E-state index is -0.213. The van der Waals surface area contributed by atoms with Crippen LogP contribution in [0.25, 0.3) is 5.71 Å². The van der Waals surface area contributed by atoms with Gasteiger partial charge in [-0.3, -0.25) is 4.79 Å². The van der Waals surface area contributed by atoms with Crippen LogP contribution in [-0.2, 0) is 0 Å². The van der Waals surface area contributed by atoms with Crippen LogP contribution in [0.3, 0.4) is 0 Å². The second-order valence-electron chi connectivity index (χ2n) is 1.98. The van der Waals surface area contributed by atoms with Crippen molar-refractivity contribution in [2.24, 2.45) is 0 Å². The van der Waals surface area contributed by atoms with Crippen LogP contribution < -0.4 is 10.2 Å². The van der Waals surface area contributed by atoms with E-state index >= 15 is 0 Å². The molecular weight excluding hydrogens is 166 g/mol. The van der Waals surface area contributed by atoms with Gasteiger partial charge < -0.3 is 4.42 Å². The molecule has 2 aromatic rings. The fraction of sp³-hybridized carbons (Fsp3) is 0. The quantitative estimate of drug-likeness (QED) is 0.423. The number of H-pyrrole nitrogens is 2. The van der Waals surface area contributed by atoms with Gasteiger partial charge in [0.15, 0.2) is 0 Å². The highest BCUT2D eigenvalue weighted by molar-refractivity contribution is 7.71. The van der Waals surface area contributed by atoms with Gasteiger partial charge in [-0.1, -0.05) is 10.2 Å². The number of hydrogen-bond donors (Lipinski definition) is 2. The van der Waals surface area contributed by atoms with Crippen LogP contribution in [0.15, 0.2) is 21.3 Å². The Kier molecular flexibility index (Phi) is 1.16. The molecule has 5 nitrogen and oxygen atoms in total. The molecule has 0 aliphatic rings. The van der Waals surface area contributed by atoms with E-state index in [1.165, 1.54) is 16.8 Å². The van der Waals surface area contributed by atoms with E-state index in [1.807, 2.05) is 0 Å². The highest BCUT2D eigenvalue weighted by Gasteiger charge is 2.06. The summed E-state index contributed by atoms with van der Waals surface area (Å²) in [5.41, 5.74) is 0.268. The van der Waals surface area contributed by atoms with Gasteiger partial charge in [-0.25, -0.2) is 0 Å². The third kappa shape index (κ3) is 0.966. The molecule has 0 spiro atoms. The number of aromatic amines is 2. The van der Waals surface area contributed by atoms with Crippen LogP contribution in [-0.4, -0.2) is 10.2 Å². The Hall–Kier alpha value is -1.43. The number of nitrogens with zero attached hydrogens (tertiary/aromatic N) is 1. The van der Waals surface area contributed by atoms with Gasteiger partial charge >= 0.3 is 16.1 Å². The first-order valence-corrected chi connectivity index (χ1v) is 3.31. The van der Waals surface area contributed by atoms with Gasteiger partial charge in [0, 0.05) is 6.07 Å². The molecule has 0 aliphatic heterocycles. The molecule has 0 amide bonds. The van der Waals surface area contributed by atoms with Crippen molar-refractivity contribution in [1.82, 2.24) is 10.2 Å². The lowest BCUT2D eigenvalue weighted by Crippen LogP contribution is -2.33. The minimum absolute atomic E-state index is 0.213. The third-order valence-electron chi connectivity index (χ3n) is 1.22. The van der Waals surface area contributed by atoms with Crippen molar-refractivity contribution < 1.29 is 9.05 Å². The van der Waals surface area contributed by atoms with Crippen molar-refractivity contribution in [3.63, 3.8) is 0 Å². The lowest BCUT2D eigenvalue weighted by Gasteiger charge is -1.73. The topological polar surface area (TPSA) is 65.9 Å². The SMILES string of the molecule is O=c1ccc2oc(=S)[nH][n+]2[nH]1. The lowest BCUT2D eigenvalue weighted by atomic mass is 10.6. The van der Waals surface area contributed by atoms with Crippen LogP contribution in [0.2, 0.25) is 0 Å². The Balaban J connectivity index is 3.03. The Morgan fingerprint density at radius 3 is 3.09 bits per heavy atom. The molecule has 2 heterocycles. The van der Waals surface area contributed by atoms with E-state index in [4.69, 9.17) is 16.6 Å². The first-order valence-electron chi connectivity index (χ1n) is 2.90. The largest absolute Gasteiger partial charge is 0.429 e. The molecule has 2 aromatic heterocycles. The van der Waals surface area contributed by atoms with E-state index in [-0.39, 0.29) is 10.4 Å². The van der Waals surface area contributed by atoms with Gasteiger partial charge in [0.05, 0.1) is 10.7 Å². The van der Waals surface area contributed by atoms with E-state index in [2.05, 4.69) is 10.2 Å². The van der Waals surface area contributed by atoms with Crippen molar-refractivity contribution >= 4 is 17.9 Å². The number of hydrogen-bond acceptors (Lipinski definition) is 3. The van der Waals surface area contributed by atoms with Crippen molar-refractivity contribution in [3.8, 4) is 0 Å². The Labute approximate surface area is 65.3 Å². The summed E-state index contributed by atoms with van der Waals surface area (Å²) in [6.07, 6.45) is 0. The number of rotatable bonds is 0. The summed E-state index contributed by atoms with van der Waals surface area (Å²) in [5, 5.41) is 5.06. The second kappa shape index (κ2) is 2.03. The third-order valence-corrected chi connectivity index (χ3v) is 1.39. The summed E-state index contributed by atoms with van der Waals surface area (Å²) in [6, 6.07) is 2.90. The monoisotopic (exact) mass is 170 g/mol. The molecule has 0 saturated carbocycles. The van der Waals surface area contributed by atoms with Crippen molar-refractivity contribution in [2.45, 2.75) is 0 Å². The summed E-state index contributed by atoms with van der Waals surface area (Å²) in [5.74, 6) is 0. The number of nitrogens with one attached hydrogen (secondary N) is 2. The molecule has 2 rings (SSSR count). The zero-order valence-corrected chi connectivity index (χ0v) is 6.14. The van der Waals surface area contributed by atoms with E-state index < -0.39 is 0 Å². The Morgan fingerprint density at radius 2 is 2.27 bits per heavy atom. The molecule has 0 radical (unpaired) electrons. The van der Waals surface area contributed by atoms with Crippen LogP contribution in [0.4, 0.5) is 0 Å². The molecule has 0 unspecified atom stereocenters. The normalized spacial score (nSPS) is 10.5. The molecular formula is C5H4N3O2S+.